The predicted octanol–water partition coefficient (Wildman–Crippen LogP) is 2.55. The smallest absolute Gasteiger partial charge is 0.216 e. The maximum absolute atomic E-state index is 12.1. The summed E-state index contributed by atoms with van der Waals surface area (Å²) in [6.07, 6.45) is 4.19. The van der Waals surface area contributed by atoms with Crippen molar-refractivity contribution in [2.24, 2.45) is 0 Å². The molecule has 0 bridgehead atoms. The molecule has 0 amide bonds. The maximum atomic E-state index is 12.1. The average Bonchev–Trinajstić information content (AvgIpc) is 3.28. The Balaban J connectivity index is 1.88. The zero-order valence-corrected chi connectivity index (χ0v) is 13.7. The van der Waals surface area contributed by atoms with Crippen LogP contribution in [0.4, 0.5) is 0 Å². The van der Waals surface area contributed by atoms with Crippen molar-refractivity contribution in [2.75, 3.05) is 0 Å². The van der Waals surface area contributed by atoms with Crippen LogP contribution in [0.15, 0.2) is 24.3 Å². The SMILES string of the molecule is CCC(CC)NS(=O)(=O)Cc1ccc(CNC2CC2)cc1. The van der Waals surface area contributed by atoms with Crippen LogP contribution in [-0.4, -0.2) is 20.5 Å². The standard InChI is InChI=1S/C16H26N2O2S/c1-3-15(4-2)18-21(19,20)12-14-7-5-13(6-8-14)11-17-16-9-10-16/h5-8,15-18H,3-4,9-12H2,1-2H3. The van der Waals surface area contributed by atoms with Gasteiger partial charge in [-0.05, 0) is 36.8 Å². The van der Waals surface area contributed by atoms with Crippen LogP contribution < -0.4 is 10.0 Å². The lowest BCUT2D eigenvalue weighted by Crippen LogP contribution is -2.34. The topological polar surface area (TPSA) is 58.2 Å². The second kappa shape index (κ2) is 7.38. The Kier molecular flexibility index (Phi) is 5.79. The molecule has 5 heteroatoms. The van der Waals surface area contributed by atoms with Crippen LogP contribution in [0.2, 0.25) is 0 Å². The first-order valence-electron chi connectivity index (χ1n) is 7.83. The monoisotopic (exact) mass is 310 g/mol. The van der Waals surface area contributed by atoms with E-state index in [1.54, 1.807) is 0 Å². The van der Waals surface area contributed by atoms with E-state index in [9.17, 15) is 8.42 Å². The maximum Gasteiger partial charge on any atom is 0.216 e. The van der Waals surface area contributed by atoms with Gasteiger partial charge in [-0.15, -0.1) is 0 Å². The van der Waals surface area contributed by atoms with Gasteiger partial charge in [-0.1, -0.05) is 38.1 Å². The molecule has 1 aliphatic rings. The van der Waals surface area contributed by atoms with Gasteiger partial charge in [-0.2, -0.15) is 0 Å². The highest BCUT2D eigenvalue weighted by molar-refractivity contribution is 7.88. The third-order valence-electron chi connectivity index (χ3n) is 3.88. The summed E-state index contributed by atoms with van der Waals surface area (Å²) in [4.78, 5) is 0. The van der Waals surface area contributed by atoms with Gasteiger partial charge < -0.3 is 5.32 Å². The Bertz CT molecular complexity index is 532. The molecule has 118 valence electrons. The molecule has 1 aliphatic carbocycles. The van der Waals surface area contributed by atoms with Crippen molar-refractivity contribution in [1.29, 1.82) is 0 Å². The number of sulfonamides is 1. The molecule has 2 rings (SSSR count). The number of rotatable bonds is 9. The first-order chi connectivity index (χ1) is 10.0. The number of nitrogens with one attached hydrogen (secondary N) is 2. The number of hydrogen-bond donors (Lipinski definition) is 2. The highest BCUT2D eigenvalue weighted by Gasteiger charge is 2.20. The highest BCUT2D eigenvalue weighted by atomic mass is 32.2. The van der Waals surface area contributed by atoms with Crippen LogP contribution in [0.3, 0.4) is 0 Å². The molecule has 4 nitrogen and oxygen atoms in total. The van der Waals surface area contributed by atoms with E-state index in [1.807, 2.05) is 38.1 Å². The second-order valence-electron chi connectivity index (χ2n) is 5.86. The fraction of sp³-hybridized carbons (Fsp3) is 0.625. The molecule has 21 heavy (non-hydrogen) atoms. The van der Waals surface area contributed by atoms with Crippen molar-refractivity contribution in [2.45, 2.75) is 63.9 Å². The van der Waals surface area contributed by atoms with E-state index in [1.165, 1.54) is 18.4 Å². The summed E-state index contributed by atoms with van der Waals surface area (Å²) in [7, 11) is -3.25. The van der Waals surface area contributed by atoms with Gasteiger partial charge in [0.05, 0.1) is 5.75 Å². The Morgan fingerprint density at radius 3 is 2.19 bits per heavy atom. The molecular weight excluding hydrogens is 284 g/mol. The minimum absolute atomic E-state index is 0.0389. The van der Waals surface area contributed by atoms with Gasteiger partial charge in [0.25, 0.3) is 0 Å². The Labute approximate surface area is 128 Å². The fourth-order valence-corrected chi connectivity index (χ4v) is 3.83. The van der Waals surface area contributed by atoms with Crippen LogP contribution in [0.1, 0.15) is 50.7 Å². The van der Waals surface area contributed by atoms with Gasteiger partial charge in [0.15, 0.2) is 0 Å². The van der Waals surface area contributed by atoms with E-state index < -0.39 is 10.0 Å². The molecule has 0 spiro atoms. The summed E-state index contributed by atoms with van der Waals surface area (Å²) in [5.41, 5.74) is 2.04. The highest BCUT2D eigenvalue weighted by Crippen LogP contribution is 2.19. The average molecular weight is 310 g/mol. The zero-order chi connectivity index (χ0) is 15.3. The molecular formula is C16H26N2O2S. The van der Waals surface area contributed by atoms with Crippen LogP contribution in [-0.2, 0) is 22.3 Å². The largest absolute Gasteiger partial charge is 0.310 e. The first-order valence-corrected chi connectivity index (χ1v) is 9.48. The van der Waals surface area contributed by atoms with Crippen LogP contribution in [0.25, 0.3) is 0 Å². The Morgan fingerprint density at radius 1 is 1.10 bits per heavy atom. The quantitative estimate of drug-likeness (QED) is 0.737. The molecule has 0 heterocycles. The van der Waals surface area contributed by atoms with Crippen LogP contribution in [0.5, 0.6) is 0 Å². The summed E-state index contributed by atoms with van der Waals surface area (Å²) in [6.45, 7) is 4.86. The summed E-state index contributed by atoms with van der Waals surface area (Å²) in [6, 6.07) is 8.58. The molecule has 0 saturated heterocycles. The summed E-state index contributed by atoms with van der Waals surface area (Å²) in [5, 5.41) is 3.45. The van der Waals surface area contributed by atoms with Crippen molar-refractivity contribution >= 4 is 10.0 Å². The van der Waals surface area contributed by atoms with Gasteiger partial charge in [0.1, 0.15) is 0 Å². The molecule has 0 aromatic heterocycles. The Hall–Kier alpha value is -0.910. The lowest BCUT2D eigenvalue weighted by atomic mass is 10.1. The van der Waals surface area contributed by atoms with Gasteiger partial charge >= 0.3 is 0 Å². The fourth-order valence-electron chi connectivity index (χ4n) is 2.27. The lowest BCUT2D eigenvalue weighted by molar-refractivity contribution is 0.529. The van der Waals surface area contributed by atoms with E-state index in [-0.39, 0.29) is 11.8 Å². The first kappa shape index (κ1) is 16.5. The zero-order valence-electron chi connectivity index (χ0n) is 12.9. The van der Waals surface area contributed by atoms with Gasteiger partial charge in [-0.3, -0.25) is 0 Å². The molecule has 1 aromatic rings. The molecule has 0 unspecified atom stereocenters. The predicted molar refractivity (Wildman–Crippen MR) is 86.4 cm³/mol. The van der Waals surface area contributed by atoms with Crippen LogP contribution >= 0.6 is 0 Å². The van der Waals surface area contributed by atoms with Crippen LogP contribution in [0, 0.1) is 0 Å². The van der Waals surface area contributed by atoms with Crippen molar-refractivity contribution in [3.8, 4) is 0 Å². The third-order valence-corrected chi connectivity index (χ3v) is 5.29. The molecule has 2 N–H and O–H groups in total. The van der Waals surface area contributed by atoms with Crippen molar-refractivity contribution in [3.05, 3.63) is 35.4 Å². The van der Waals surface area contributed by atoms with E-state index in [0.29, 0.717) is 6.04 Å². The molecule has 1 fully saturated rings. The van der Waals surface area contributed by atoms with E-state index >= 15 is 0 Å². The van der Waals surface area contributed by atoms with Gasteiger partial charge in [0, 0.05) is 18.6 Å². The lowest BCUT2D eigenvalue weighted by Gasteiger charge is -2.15. The molecule has 1 aromatic carbocycles. The van der Waals surface area contributed by atoms with E-state index in [2.05, 4.69) is 10.0 Å². The molecule has 1 saturated carbocycles. The second-order valence-corrected chi connectivity index (χ2v) is 7.62. The summed E-state index contributed by atoms with van der Waals surface area (Å²) < 4.78 is 27.0. The van der Waals surface area contributed by atoms with Crippen molar-refractivity contribution in [3.63, 3.8) is 0 Å². The Morgan fingerprint density at radius 2 is 1.67 bits per heavy atom. The molecule has 0 radical (unpaired) electrons. The summed E-state index contributed by atoms with van der Waals surface area (Å²) >= 11 is 0. The normalized spacial score (nSPS) is 15.6. The van der Waals surface area contributed by atoms with Crippen molar-refractivity contribution < 1.29 is 8.42 Å². The third kappa shape index (κ3) is 5.77. The van der Waals surface area contributed by atoms with Gasteiger partial charge in [0.2, 0.25) is 10.0 Å². The van der Waals surface area contributed by atoms with Crippen molar-refractivity contribution in [1.82, 2.24) is 10.0 Å². The van der Waals surface area contributed by atoms with Gasteiger partial charge in [-0.25, -0.2) is 13.1 Å². The van der Waals surface area contributed by atoms with E-state index in [0.717, 1.165) is 24.9 Å². The molecule has 0 aliphatic heterocycles. The molecule has 0 atom stereocenters. The number of hydrogen-bond acceptors (Lipinski definition) is 3. The minimum atomic E-state index is -3.25. The van der Waals surface area contributed by atoms with E-state index in [4.69, 9.17) is 0 Å². The number of benzene rings is 1. The summed E-state index contributed by atoms with van der Waals surface area (Å²) in [5.74, 6) is 0.0554. The minimum Gasteiger partial charge on any atom is -0.310 e.